The molecule has 0 aliphatic carbocycles. The van der Waals surface area contributed by atoms with Gasteiger partial charge in [0.05, 0.1) is 22.6 Å². The first-order chi connectivity index (χ1) is 8.37. The Hall–Kier alpha value is -1.49. The van der Waals surface area contributed by atoms with Crippen molar-refractivity contribution in [2.24, 2.45) is 0 Å². The molecule has 0 atom stereocenters. The number of nitrogens with zero attached hydrogens (tertiary/aromatic N) is 2. The second-order valence-electron chi connectivity index (χ2n) is 4.89. The summed E-state index contributed by atoms with van der Waals surface area (Å²) in [7, 11) is 1.67. The molecule has 0 fully saturated rings. The molecule has 0 unspecified atom stereocenters. The van der Waals surface area contributed by atoms with Crippen LogP contribution in [0.3, 0.4) is 0 Å². The van der Waals surface area contributed by atoms with Crippen molar-refractivity contribution in [3.63, 3.8) is 0 Å². The van der Waals surface area contributed by atoms with Crippen LogP contribution in [-0.4, -0.2) is 35.1 Å². The average Bonchev–Trinajstić information content (AvgIpc) is 2.28. The molecule has 1 amide bonds. The van der Waals surface area contributed by atoms with Gasteiger partial charge in [0.25, 0.3) is 5.91 Å². The number of amides is 1. The standard InChI is InChI=1S/C13H21N3O2/c1-9-11(10(2)16-8-15-9)12(17)14-7-6-13(3,4)18-5/h8H,6-7H2,1-5H3,(H,14,17). The fraction of sp³-hybridized carbons (Fsp3) is 0.615. The number of rotatable bonds is 5. The fourth-order valence-electron chi connectivity index (χ4n) is 1.59. The Morgan fingerprint density at radius 1 is 1.33 bits per heavy atom. The highest BCUT2D eigenvalue weighted by Crippen LogP contribution is 2.12. The van der Waals surface area contributed by atoms with Crippen LogP contribution < -0.4 is 5.32 Å². The van der Waals surface area contributed by atoms with Crippen LogP contribution in [0.1, 0.15) is 42.0 Å². The van der Waals surface area contributed by atoms with E-state index in [0.29, 0.717) is 23.5 Å². The second-order valence-corrected chi connectivity index (χ2v) is 4.89. The Kier molecular flexibility index (Phi) is 4.78. The SMILES string of the molecule is COC(C)(C)CCNC(=O)c1c(C)ncnc1C. The molecule has 0 spiro atoms. The van der Waals surface area contributed by atoms with Crippen LogP contribution in [-0.2, 0) is 4.74 Å². The molecule has 1 aromatic heterocycles. The highest BCUT2D eigenvalue weighted by molar-refractivity contribution is 5.96. The van der Waals surface area contributed by atoms with Gasteiger partial charge >= 0.3 is 0 Å². The van der Waals surface area contributed by atoms with Gasteiger partial charge < -0.3 is 10.1 Å². The zero-order valence-corrected chi connectivity index (χ0v) is 11.7. The van der Waals surface area contributed by atoms with Crippen molar-refractivity contribution in [3.8, 4) is 0 Å². The lowest BCUT2D eigenvalue weighted by molar-refractivity contribution is 0.0160. The summed E-state index contributed by atoms with van der Waals surface area (Å²) in [6.07, 6.45) is 2.22. The van der Waals surface area contributed by atoms with Gasteiger partial charge in [-0.3, -0.25) is 4.79 Å². The molecule has 0 radical (unpaired) electrons. The number of aromatic nitrogens is 2. The average molecular weight is 251 g/mol. The Bertz CT molecular complexity index is 410. The zero-order chi connectivity index (χ0) is 13.8. The lowest BCUT2D eigenvalue weighted by Crippen LogP contribution is -2.33. The molecule has 1 N–H and O–H groups in total. The van der Waals surface area contributed by atoms with E-state index in [0.717, 1.165) is 6.42 Å². The lowest BCUT2D eigenvalue weighted by atomic mass is 10.1. The van der Waals surface area contributed by atoms with Crippen molar-refractivity contribution in [2.45, 2.75) is 39.7 Å². The van der Waals surface area contributed by atoms with Crippen LogP contribution >= 0.6 is 0 Å². The van der Waals surface area contributed by atoms with Gasteiger partial charge in [0.15, 0.2) is 0 Å². The quantitative estimate of drug-likeness (QED) is 0.864. The number of methoxy groups -OCH3 is 1. The highest BCUT2D eigenvalue weighted by Gasteiger charge is 2.18. The molecule has 1 heterocycles. The fourth-order valence-corrected chi connectivity index (χ4v) is 1.59. The summed E-state index contributed by atoms with van der Waals surface area (Å²) < 4.78 is 5.30. The Morgan fingerprint density at radius 3 is 2.39 bits per heavy atom. The summed E-state index contributed by atoms with van der Waals surface area (Å²) in [5, 5.41) is 2.87. The van der Waals surface area contributed by atoms with Gasteiger partial charge in [0.1, 0.15) is 6.33 Å². The number of nitrogens with one attached hydrogen (secondary N) is 1. The highest BCUT2D eigenvalue weighted by atomic mass is 16.5. The van der Waals surface area contributed by atoms with E-state index in [1.165, 1.54) is 6.33 Å². The maximum absolute atomic E-state index is 12.0. The first kappa shape index (κ1) is 14.6. The molecule has 0 aromatic carbocycles. The molecule has 0 bridgehead atoms. The van der Waals surface area contributed by atoms with Crippen molar-refractivity contribution in [2.75, 3.05) is 13.7 Å². The molecule has 0 saturated heterocycles. The van der Waals surface area contributed by atoms with E-state index in [1.807, 2.05) is 27.7 Å². The summed E-state index contributed by atoms with van der Waals surface area (Å²) in [5.41, 5.74) is 1.73. The molecule has 5 nitrogen and oxygen atoms in total. The molecule has 5 heteroatoms. The largest absolute Gasteiger partial charge is 0.379 e. The monoisotopic (exact) mass is 251 g/mol. The van der Waals surface area contributed by atoms with Crippen LogP contribution in [0.2, 0.25) is 0 Å². The molecule has 100 valence electrons. The Labute approximate surface area is 108 Å². The summed E-state index contributed by atoms with van der Waals surface area (Å²) in [6, 6.07) is 0. The number of hydrogen-bond donors (Lipinski definition) is 1. The maximum atomic E-state index is 12.0. The minimum absolute atomic E-state index is 0.127. The zero-order valence-electron chi connectivity index (χ0n) is 11.7. The lowest BCUT2D eigenvalue weighted by Gasteiger charge is -2.22. The number of aryl methyl sites for hydroxylation is 2. The van der Waals surface area contributed by atoms with Crippen LogP contribution in [0, 0.1) is 13.8 Å². The number of carbonyl (C=O) groups excluding carboxylic acids is 1. The van der Waals surface area contributed by atoms with Crippen molar-refractivity contribution in [1.82, 2.24) is 15.3 Å². The van der Waals surface area contributed by atoms with Crippen molar-refractivity contribution in [3.05, 3.63) is 23.3 Å². The minimum atomic E-state index is -0.232. The molecule has 0 aliphatic heterocycles. The molecule has 0 aliphatic rings. The van der Waals surface area contributed by atoms with E-state index in [2.05, 4.69) is 15.3 Å². The third-order valence-corrected chi connectivity index (χ3v) is 3.02. The normalized spacial score (nSPS) is 11.4. The van der Waals surface area contributed by atoms with Crippen LogP contribution in [0.25, 0.3) is 0 Å². The summed E-state index contributed by atoms with van der Waals surface area (Å²) in [5.74, 6) is -0.127. The van der Waals surface area contributed by atoms with Gasteiger partial charge in [0.2, 0.25) is 0 Å². The summed E-state index contributed by atoms with van der Waals surface area (Å²) >= 11 is 0. The van der Waals surface area contributed by atoms with Crippen molar-refractivity contribution < 1.29 is 9.53 Å². The minimum Gasteiger partial charge on any atom is -0.379 e. The first-order valence-corrected chi connectivity index (χ1v) is 5.99. The second kappa shape index (κ2) is 5.91. The van der Waals surface area contributed by atoms with Crippen LogP contribution in [0.5, 0.6) is 0 Å². The van der Waals surface area contributed by atoms with Crippen molar-refractivity contribution >= 4 is 5.91 Å². The van der Waals surface area contributed by atoms with Crippen molar-refractivity contribution in [1.29, 1.82) is 0 Å². The van der Waals surface area contributed by atoms with Gasteiger partial charge in [-0.05, 0) is 34.1 Å². The van der Waals surface area contributed by atoms with E-state index in [1.54, 1.807) is 7.11 Å². The maximum Gasteiger partial charge on any atom is 0.254 e. The van der Waals surface area contributed by atoms with E-state index in [4.69, 9.17) is 4.74 Å². The third-order valence-electron chi connectivity index (χ3n) is 3.02. The molecule has 18 heavy (non-hydrogen) atoms. The molecular formula is C13H21N3O2. The van der Waals surface area contributed by atoms with Gasteiger partial charge in [-0.15, -0.1) is 0 Å². The number of ether oxygens (including phenoxy) is 1. The van der Waals surface area contributed by atoms with Crippen LogP contribution in [0.15, 0.2) is 6.33 Å². The molecule has 1 rings (SSSR count). The van der Waals surface area contributed by atoms with Gasteiger partial charge in [-0.2, -0.15) is 0 Å². The molecule has 1 aromatic rings. The third kappa shape index (κ3) is 3.77. The number of carbonyl (C=O) groups is 1. The van der Waals surface area contributed by atoms with E-state index in [9.17, 15) is 4.79 Å². The molecule has 0 saturated carbocycles. The summed E-state index contributed by atoms with van der Waals surface area (Å²) in [6.45, 7) is 8.15. The van der Waals surface area contributed by atoms with E-state index >= 15 is 0 Å². The Balaban J connectivity index is 2.62. The van der Waals surface area contributed by atoms with E-state index in [-0.39, 0.29) is 11.5 Å². The van der Waals surface area contributed by atoms with Gasteiger partial charge in [-0.1, -0.05) is 0 Å². The topological polar surface area (TPSA) is 64.1 Å². The predicted octanol–water partition coefficient (Wildman–Crippen LogP) is 1.64. The Morgan fingerprint density at radius 2 is 1.89 bits per heavy atom. The van der Waals surface area contributed by atoms with Gasteiger partial charge in [0, 0.05) is 13.7 Å². The van der Waals surface area contributed by atoms with Crippen LogP contribution in [0.4, 0.5) is 0 Å². The number of hydrogen-bond acceptors (Lipinski definition) is 4. The smallest absolute Gasteiger partial charge is 0.254 e. The first-order valence-electron chi connectivity index (χ1n) is 5.99. The summed E-state index contributed by atoms with van der Waals surface area (Å²) in [4.78, 5) is 20.1. The predicted molar refractivity (Wildman–Crippen MR) is 69.5 cm³/mol. The van der Waals surface area contributed by atoms with Gasteiger partial charge in [-0.25, -0.2) is 9.97 Å². The van der Waals surface area contributed by atoms with E-state index < -0.39 is 0 Å². The molecular weight excluding hydrogens is 230 g/mol.